The van der Waals surface area contributed by atoms with Gasteiger partial charge < -0.3 is 9.47 Å². The summed E-state index contributed by atoms with van der Waals surface area (Å²) in [6.45, 7) is 4.52. The Morgan fingerprint density at radius 1 is 0.935 bits per heavy atom. The number of fused-ring (bicyclic) bond motifs is 4. The van der Waals surface area contributed by atoms with Crippen molar-refractivity contribution in [2.45, 2.75) is 24.8 Å². The zero-order chi connectivity index (χ0) is 20.9. The van der Waals surface area contributed by atoms with Gasteiger partial charge in [0, 0.05) is 23.7 Å². The second-order valence-electron chi connectivity index (χ2n) is 7.61. The molecule has 0 N–H and O–H groups in total. The van der Waals surface area contributed by atoms with Crippen LogP contribution in [0.15, 0.2) is 60.0 Å². The first-order valence-corrected chi connectivity index (χ1v) is 11.0. The van der Waals surface area contributed by atoms with E-state index in [0.717, 1.165) is 50.4 Å². The van der Waals surface area contributed by atoms with Gasteiger partial charge in [-0.25, -0.2) is 4.52 Å². The highest BCUT2D eigenvalue weighted by Crippen LogP contribution is 2.34. The van der Waals surface area contributed by atoms with Crippen molar-refractivity contribution in [3.63, 3.8) is 0 Å². The minimum atomic E-state index is 0.284. The van der Waals surface area contributed by atoms with Crippen molar-refractivity contribution >= 4 is 22.9 Å². The molecule has 5 aromatic rings. The SMILES string of the molecule is Cc1ccc(-c2cc3c4nnc(SCc5ccc6c(c5)OCO6)n4ccn3n2)cc1C. The second-order valence-corrected chi connectivity index (χ2v) is 8.55. The van der Waals surface area contributed by atoms with Gasteiger partial charge in [-0.1, -0.05) is 30.0 Å². The number of hydrogen-bond acceptors (Lipinski definition) is 6. The van der Waals surface area contributed by atoms with Crippen LogP contribution in [0.1, 0.15) is 16.7 Å². The van der Waals surface area contributed by atoms with Crippen molar-refractivity contribution in [1.29, 1.82) is 0 Å². The third-order valence-electron chi connectivity index (χ3n) is 5.59. The molecule has 0 bridgehead atoms. The fourth-order valence-electron chi connectivity index (χ4n) is 3.71. The van der Waals surface area contributed by atoms with E-state index in [-0.39, 0.29) is 6.79 Å². The summed E-state index contributed by atoms with van der Waals surface area (Å²) in [6.07, 6.45) is 3.91. The van der Waals surface area contributed by atoms with E-state index in [0.29, 0.717) is 0 Å². The van der Waals surface area contributed by atoms with Gasteiger partial charge >= 0.3 is 0 Å². The molecule has 1 aliphatic heterocycles. The molecule has 3 aromatic heterocycles. The minimum absolute atomic E-state index is 0.284. The molecule has 1 aliphatic rings. The highest BCUT2D eigenvalue weighted by atomic mass is 32.2. The zero-order valence-corrected chi connectivity index (χ0v) is 17.9. The van der Waals surface area contributed by atoms with E-state index in [1.165, 1.54) is 11.1 Å². The van der Waals surface area contributed by atoms with E-state index >= 15 is 0 Å². The van der Waals surface area contributed by atoms with Crippen LogP contribution in [0.4, 0.5) is 0 Å². The van der Waals surface area contributed by atoms with E-state index in [2.05, 4.69) is 54.4 Å². The van der Waals surface area contributed by atoms with Gasteiger partial charge in [0.25, 0.3) is 0 Å². The van der Waals surface area contributed by atoms with Gasteiger partial charge in [-0.05, 0) is 54.8 Å². The van der Waals surface area contributed by atoms with Gasteiger partial charge in [-0.3, -0.25) is 4.40 Å². The molecule has 2 aromatic carbocycles. The van der Waals surface area contributed by atoms with Crippen LogP contribution in [0.3, 0.4) is 0 Å². The molecule has 0 atom stereocenters. The monoisotopic (exact) mass is 429 g/mol. The van der Waals surface area contributed by atoms with Crippen LogP contribution < -0.4 is 9.47 Å². The van der Waals surface area contributed by atoms with Crippen molar-refractivity contribution in [2.75, 3.05) is 6.79 Å². The van der Waals surface area contributed by atoms with Crippen LogP contribution in [0.5, 0.6) is 11.5 Å². The molecular formula is C23H19N5O2S. The van der Waals surface area contributed by atoms with Gasteiger partial charge in [-0.15, -0.1) is 10.2 Å². The molecule has 0 saturated carbocycles. The number of nitrogens with zero attached hydrogens (tertiary/aromatic N) is 5. The van der Waals surface area contributed by atoms with Crippen molar-refractivity contribution in [1.82, 2.24) is 24.2 Å². The van der Waals surface area contributed by atoms with Crippen molar-refractivity contribution in [3.05, 3.63) is 71.5 Å². The maximum atomic E-state index is 5.47. The number of hydrogen-bond donors (Lipinski definition) is 0. The van der Waals surface area contributed by atoms with E-state index in [4.69, 9.17) is 14.6 Å². The summed E-state index contributed by atoms with van der Waals surface area (Å²) in [5.41, 5.74) is 7.42. The number of thioether (sulfide) groups is 1. The van der Waals surface area contributed by atoms with Crippen LogP contribution in [-0.4, -0.2) is 31.0 Å². The Kier molecular flexibility index (Phi) is 4.14. The van der Waals surface area contributed by atoms with E-state index in [9.17, 15) is 0 Å². The molecule has 0 spiro atoms. The first-order chi connectivity index (χ1) is 15.2. The van der Waals surface area contributed by atoms with Crippen molar-refractivity contribution in [2.24, 2.45) is 0 Å². The highest BCUT2D eigenvalue weighted by molar-refractivity contribution is 7.98. The third-order valence-corrected chi connectivity index (χ3v) is 6.61. The first-order valence-electron chi connectivity index (χ1n) is 9.98. The standard InChI is InChI=1S/C23H19N5O2S/c1-14-3-5-17(9-15(14)2)18-11-19-22-24-25-23(27(22)7-8-28(19)26-18)31-12-16-4-6-20-21(10-16)30-13-29-20/h3-11H,12-13H2,1-2H3. The maximum Gasteiger partial charge on any atom is 0.231 e. The van der Waals surface area contributed by atoms with Crippen LogP contribution in [0.2, 0.25) is 0 Å². The molecule has 0 aliphatic carbocycles. The lowest BCUT2D eigenvalue weighted by Crippen LogP contribution is -1.94. The summed E-state index contributed by atoms with van der Waals surface area (Å²) >= 11 is 1.63. The van der Waals surface area contributed by atoms with Gasteiger partial charge in [0.1, 0.15) is 5.52 Å². The van der Waals surface area contributed by atoms with Crippen LogP contribution >= 0.6 is 11.8 Å². The lowest BCUT2D eigenvalue weighted by molar-refractivity contribution is 0.174. The molecule has 0 radical (unpaired) electrons. The Bertz CT molecular complexity index is 1460. The summed E-state index contributed by atoms with van der Waals surface area (Å²) in [5.74, 6) is 2.35. The van der Waals surface area contributed by atoms with Gasteiger partial charge in [0.15, 0.2) is 22.3 Å². The Morgan fingerprint density at radius 2 is 1.84 bits per heavy atom. The number of aromatic nitrogens is 5. The molecule has 7 nitrogen and oxygen atoms in total. The van der Waals surface area contributed by atoms with Gasteiger partial charge in [0.05, 0.1) is 5.69 Å². The summed E-state index contributed by atoms with van der Waals surface area (Å²) in [4.78, 5) is 0. The largest absolute Gasteiger partial charge is 0.454 e. The smallest absolute Gasteiger partial charge is 0.231 e. The topological polar surface area (TPSA) is 66.0 Å². The lowest BCUT2D eigenvalue weighted by atomic mass is 10.0. The molecule has 154 valence electrons. The summed E-state index contributed by atoms with van der Waals surface area (Å²) in [7, 11) is 0. The third kappa shape index (κ3) is 3.11. The molecule has 6 rings (SSSR count). The van der Waals surface area contributed by atoms with Crippen LogP contribution in [0.25, 0.3) is 22.4 Å². The Morgan fingerprint density at radius 3 is 2.74 bits per heavy atom. The van der Waals surface area contributed by atoms with Crippen molar-refractivity contribution in [3.8, 4) is 22.8 Å². The predicted octanol–water partition coefficient (Wildman–Crippen LogP) is 4.68. The Hall–Kier alpha value is -3.52. The Balaban J connectivity index is 1.32. The first kappa shape index (κ1) is 18.3. The maximum absolute atomic E-state index is 5.47. The second kappa shape index (κ2) is 7.02. The average molecular weight is 430 g/mol. The number of benzene rings is 2. The minimum Gasteiger partial charge on any atom is -0.454 e. The molecular weight excluding hydrogens is 410 g/mol. The quantitative estimate of drug-likeness (QED) is 0.387. The summed E-state index contributed by atoms with van der Waals surface area (Å²) in [6, 6.07) is 14.5. The van der Waals surface area contributed by atoms with Crippen molar-refractivity contribution < 1.29 is 9.47 Å². The molecule has 0 amide bonds. The Labute approximate surface area is 182 Å². The fraction of sp³-hybridized carbons (Fsp3) is 0.174. The van der Waals surface area contributed by atoms with E-state index < -0.39 is 0 Å². The molecule has 0 saturated heterocycles. The van der Waals surface area contributed by atoms with Gasteiger partial charge in [-0.2, -0.15) is 5.10 Å². The molecule has 0 fully saturated rings. The molecule has 0 unspecified atom stereocenters. The average Bonchev–Trinajstić information content (AvgIpc) is 3.51. The number of ether oxygens (including phenoxy) is 2. The van der Waals surface area contributed by atoms with Gasteiger partial charge in [0.2, 0.25) is 6.79 Å². The number of aryl methyl sites for hydroxylation is 2. The van der Waals surface area contributed by atoms with E-state index in [1.54, 1.807) is 11.8 Å². The van der Waals surface area contributed by atoms with Crippen LogP contribution in [0, 0.1) is 13.8 Å². The molecule has 8 heteroatoms. The normalized spacial score (nSPS) is 12.8. The van der Waals surface area contributed by atoms with E-state index in [1.807, 2.05) is 33.4 Å². The molecule has 4 heterocycles. The zero-order valence-electron chi connectivity index (χ0n) is 17.1. The summed E-state index contributed by atoms with van der Waals surface area (Å²) in [5, 5.41) is 14.4. The highest BCUT2D eigenvalue weighted by Gasteiger charge is 2.16. The number of rotatable bonds is 4. The predicted molar refractivity (Wildman–Crippen MR) is 119 cm³/mol. The fourth-order valence-corrected chi connectivity index (χ4v) is 4.57. The molecule has 31 heavy (non-hydrogen) atoms. The lowest BCUT2D eigenvalue weighted by Gasteiger charge is -2.03. The van der Waals surface area contributed by atoms with Crippen LogP contribution in [-0.2, 0) is 5.75 Å². The summed E-state index contributed by atoms with van der Waals surface area (Å²) < 4.78 is 14.7.